The zero-order chi connectivity index (χ0) is 14.8. The summed E-state index contributed by atoms with van der Waals surface area (Å²) in [7, 11) is 1.80. The number of hydrogen-bond donors (Lipinski definition) is 0. The summed E-state index contributed by atoms with van der Waals surface area (Å²) in [5.41, 5.74) is 0.717. The third kappa shape index (κ3) is 2.42. The second kappa shape index (κ2) is 5.44. The zero-order valence-electron chi connectivity index (χ0n) is 12.1. The number of amides is 1. The standard InChI is InChI=1S/C18H17NO2/c1-13(17-11-6-12-21-17)19(2)18(20)16-10-5-8-14-7-3-4-9-15(14)16/h3-13H,1-2H3. The lowest BCUT2D eigenvalue weighted by molar-refractivity contribution is 0.0728. The average molecular weight is 279 g/mol. The summed E-state index contributed by atoms with van der Waals surface area (Å²) in [6.07, 6.45) is 1.63. The minimum atomic E-state index is -0.105. The minimum Gasteiger partial charge on any atom is -0.467 e. The predicted octanol–water partition coefficient (Wildman–Crippen LogP) is 4.27. The van der Waals surface area contributed by atoms with Gasteiger partial charge in [-0.1, -0.05) is 36.4 Å². The van der Waals surface area contributed by atoms with E-state index < -0.39 is 0 Å². The Morgan fingerprint density at radius 1 is 1.05 bits per heavy atom. The highest BCUT2D eigenvalue weighted by molar-refractivity contribution is 6.07. The largest absolute Gasteiger partial charge is 0.467 e. The molecular weight excluding hydrogens is 262 g/mol. The van der Waals surface area contributed by atoms with Crippen LogP contribution in [0.25, 0.3) is 10.8 Å². The molecule has 0 aliphatic carbocycles. The molecule has 0 spiro atoms. The third-order valence-electron chi connectivity index (χ3n) is 3.88. The summed E-state index contributed by atoms with van der Waals surface area (Å²) < 4.78 is 5.40. The molecule has 1 atom stereocenters. The Balaban J connectivity index is 1.97. The van der Waals surface area contributed by atoms with Gasteiger partial charge in [-0.25, -0.2) is 0 Å². The molecule has 0 aliphatic heterocycles. The highest BCUT2D eigenvalue weighted by Gasteiger charge is 2.21. The molecule has 0 aliphatic rings. The van der Waals surface area contributed by atoms with Crippen LogP contribution >= 0.6 is 0 Å². The van der Waals surface area contributed by atoms with Crippen molar-refractivity contribution in [2.75, 3.05) is 7.05 Å². The molecule has 0 N–H and O–H groups in total. The van der Waals surface area contributed by atoms with Crippen LogP contribution in [0.3, 0.4) is 0 Å². The van der Waals surface area contributed by atoms with E-state index in [1.54, 1.807) is 18.2 Å². The van der Waals surface area contributed by atoms with E-state index in [4.69, 9.17) is 4.42 Å². The van der Waals surface area contributed by atoms with Gasteiger partial charge in [0.25, 0.3) is 5.91 Å². The summed E-state index contributed by atoms with van der Waals surface area (Å²) in [6, 6.07) is 17.3. The first-order chi connectivity index (χ1) is 10.2. The maximum Gasteiger partial charge on any atom is 0.254 e. The van der Waals surface area contributed by atoms with Crippen molar-refractivity contribution in [3.8, 4) is 0 Å². The highest BCUT2D eigenvalue weighted by Crippen LogP contribution is 2.24. The molecule has 2 aromatic carbocycles. The van der Waals surface area contributed by atoms with Gasteiger partial charge in [0, 0.05) is 12.6 Å². The number of nitrogens with zero attached hydrogens (tertiary/aromatic N) is 1. The Morgan fingerprint density at radius 3 is 2.57 bits per heavy atom. The van der Waals surface area contributed by atoms with Crippen LogP contribution in [0.4, 0.5) is 0 Å². The van der Waals surface area contributed by atoms with Gasteiger partial charge in [0.05, 0.1) is 12.3 Å². The summed E-state index contributed by atoms with van der Waals surface area (Å²) in [5, 5.41) is 2.05. The SMILES string of the molecule is CC(c1ccco1)N(C)C(=O)c1cccc2ccccc12. The lowest BCUT2D eigenvalue weighted by Gasteiger charge is -2.24. The summed E-state index contributed by atoms with van der Waals surface area (Å²) in [4.78, 5) is 14.5. The van der Waals surface area contributed by atoms with E-state index in [0.717, 1.165) is 16.5 Å². The monoisotopic (exact) mass is 279 g/mol. The average Bonchev–Trinajstić information content (AvgIpc) is 3.06. The first-order valence-electron chi connectivity index (χ1n) is 6.97. The topological polar surface area (TPSA) is 33.5 Å². The molecule has 1 heterocycles. The number of carbonyl (C=O) groups excluding carboxylic acids is 1. The van der Waals surface area contributed by atoms with Crippen molar-refractivity contribution in [3.05, 3.63) is 72.2 Å². The number of carbonyl (C=O) groups is 1. The number of rotatable bonds is 3. The van der Waals surface area contributed by atoms with Crippen LogP contribution in [0.15, 0.2) is 65.3 Å². The van der Waals surface area contributed by atoms with Crippen LogP contribution in [0.1, 0.15) is 29.1 Å². The van der Waals surface area contributed by atoms with Gasteiger partial charge < -0.3 is 9.32 Å². The molecular formula is C18H17NO2. The van der Waals surface area contributed by atoms with Gasteiger partial charge >= 0.3 is 0 Å². The number of furan rings is 1. The van der Waals surface area contributed by atoms with E-state index in [9.17, 15) is 4.79 Å². The van der Waals surface area contributed by atoms with Gasteiger partial charge in [-0.3, -0.25) is 4.79 Å². The molecule has 0 fully saturated rings. The third-order valence-corrected chi connectivity index (χ3v) is 3.88. The van der Waals surface area contributed by atoms with Crippen molar-refractivity contribution in [3.63, 3.8) is 0 Å². The van der Waals surface area contributed by atoms with E-state index in [1.807, 2.05) is 61.5 Å². The smallest absolute Gasteiger partial charge is 0.254 e. The van der Waals surface area contributed by atoms with Gasteiger partial charge in [-0.05, 0) is 35.9 Å². The maximum atomic E-state index is 12.8. The van der Waals surface area contributed by atoms with E-state index in [2.05, 4.69) is 0 Å². The van der Waals surface area contributed by atoms with Crippen LogP contribution in [-0.4, -0.2) is 17.9 Å². The number of hydrogen-bond acceptors (Lipinski definition) is 2. The Bertz CT molecular complexity index is 756. The Morgan fingerprint density at radius 2 is 1.81 bits per heavy atom. The Labute approximate surface area is 123 Å². The fourth-order valence-corrected chi connectivity index (χ4v) is 2.50. The van der Waals surface area contributed by atoms with Crippen molar-refractivity contribution in [1.29, 1.82) is 0 Å². The fourth-order valence-electron chi connectivity index (χ4n) is 2.50. The van der Waals surface area contributed by atoms with Gasteiger partial charge in [-0.2, -0.15) is 0 Å². The number of benzene rings is 2. The molecule has 3 rings (SSSR count). The van der Waals surface area contributed by atoms with Crippen molar-refractivity contribution in [1.82, 2.24) is 4.90 Å². The van der Waals surface area contributed by atoms with Crippen LogP contribution < -0.4 is 0 Å². The molecule has 3 aromatic rings. The molecule has 3 nitrogen and oxygen atoms in total. The molecule has 3 heteroatoms. The van der Waals surface area contributed by atoms with E-state index >= 15 is 0 Å². The zero-order valence-corrected chi connectivity index (χ0v) is 12.1. The molecule has 0 bridgehead atoms. The van der Waals surface area contributed by atoms with E-state index in [0.29, 0.717) is 5.56 Å². The fraction of sp³-hybridized carbons (Fsp3) is 0.167. The molecule has 0 radical (unpaired) electrons. The molecule has 21 heavy (non-hydrogen) atoms. The summed E-state index contributed by atoms with van der Waals surface area (Å²) in [5.74, 6) is 0.779. The van der Waals surface area contributed by atoms with Crippen molar-refractivity contribution in [2.24, 2.45) is 0 Å². The van der Waals surface area contributed by atoms with Gasteiger partial charge in [0.1, 0.15) is 5.76 Å². The molecule has 1 aromatic heterocycles. The van der Waals surface area contributed by atoms with Crippen LogP contribution in [0, 0.1) is 0 Å². The van der Waals surface area contributed by atoms with Gasteiger partial charge in [0.2, 0.25) is 0 Å². The lowest BCUT2D eigenvalue weighted by atomic mass is 10.0. The number of fused-ring (bicyclic) bond motifs is 1. The Kier molecular flexibility index (Phi) is 3.48. The normalized spacial score (nSPS) is 12.3. The predicted molar refractivity (Wildman–Crippen MR) is 83.2 cm³/mol. The first kappa shape index (κ1) is 13.4. The quantitative estimate of drug-likeness (QED) is 0.717. The lowest BCUT2D eigenvalue weighted by Crippen LogP contribution is -2.29. The summed E-state index contributed by atoms with van der Waals surface area (Å²) in [6.45, 7) is 1.96. The molecule has 0 saturated heterocycles. The minimum absolute atomic E-state index is 0.00398. The van der Waals surface area contributed by atoms with Gasteiger partial charge in [-0.15, -0.1) is 0 Å². The van der Waals surface area contributed by atoms with Crippen LogP contribution in [-0.2, 0) is 0 Å². The maximum absolute atomic E-state index is 12.8. The summed E-state index contributed by atoms with van der Waals surface area (Å²) >= 11 is 0. The van der Waals surface area contributed by atoms with Crippen LogP contribution in [0.2, 0.25) is 0 Å². The molecule has 0 saturated carbocycles. The first-order valence-corrected chi connectivity index (χ1v) is 6.97. The second-order valence-corrected chi connectivity index (χ2v) is 5.13. The highest BCUT2D eigenvalue weighted by atomic mass is 16.3. The second-order valence-electron chi connectivity index (χ2n) is 5.13. The Hall–Kier alpha value is -2.55. The molecule has 1 amide bonds. The van der Waals surface area contributed by atoms with Crippen molar-refractivity contribution >= 4 is 16.7 Å². The van der Waals surface area contributed by atoms with Gasteiger partial charge in [0.15, 0.2) is 0 Å². The molecule has 1 unspecified atom stereocenters. The van der Waals surface area contributed by atoms with E-state index in [1.165, 1.54) is 0 Å². The van der Waals surface area contributed by atoms with Crippen molar-refractivity contribution in [2.45, 2.75) is 13.0 Å². The van der Waals surface area contributed by atoms with E-state index in [-0.39, 0.29) is 11.9 Å². The van der Waals surface area contributed by atoms with Crippen molar-refractivity contribution < 1.29 is 9.21 Å². The van der Waals surface area contributed by atoms with Crippen LogP contribution in [0.5, 0.6) is 0 Å². The molecule has 106 valence electrons.